The van der Waals surface area contributed by atoms with Crippen LogP contribution >= 0.6 is 0 Å². The fourth-order valence-corrected chi connectivity index (χ4v) is 1.71. The van der Waals surface area contributed by atoms with Gasteiger partial charge in [0.25, 0.3) is 0 Å². The molecule has 0 aliphatic heterocycles. The summed E-state index contributed by atoms with van der Waals surface area (Å²) >= 11 is 0. The van der Waals surface area contributed by atoms with Gasteiger partial charge in [0.15, 0.2) is 0 Å². The van der Waals surface area contributed by atoms with Crippen LogP contribution in [0.5, 0.6) is 0 Å². The number of nitrogens with zero attached hydrogens (tertiary/aromatic N) is 1. The van der Waals surface area contributed by atoms with Crippen LogP contribution in [-0.4, -0.2) is 54.2 Å². The Bertz CT molecular complexity index is 380. The molecule has 0 bridgehead atoms. The van der Waals surface area contributed by atoms with Crippen molar-refractivity contribution in [3.8, 4) is 0 Å². The van der Waals surface area contributed by atoms with E-state index in [9.17, 15) is 14.4 Å². The molecule has 7 nitrogen and oxygen atoms in total. The first-order valence-corrected chi connectivity index (χ1v) is 6.97. The third-order valence-corrected chi connectivity index (χ3v) is 2.86. The zero-order chi connectivity index (χ0) is 16.7. The molecule has 0 saturated carbocycles. The Morgan fingerprint density at radius 2 is 1.67 bits per heavy atom. The number of likely N-dealkylation sites (N-methyl/N-ethyl adjacent to an activating group) is 1. The van der Waals surface area contributed by atoms with Crippen LogP contribution in [0.2, 0.25) is 0 Å². The summed E-state index contributed by atoms with van der Waals surface area (Å²) in [5.74, 6) is -1.53. The Kier molecular flexibility index (Phi) is 7.76. The van der Waals surface area contributed by atoms with Gasteiger partial charge in [0.05, 0.1) is 0 Å². The van der Waals surface area contributed by atoms with Crippen LogP contribution in [0.3, 0.4) is 0 Å². The second kappa shape index (κ2) is 8.49. The summed E-state index contributed by atoms with van der Waals surface area (Å²) < 4.78 is 4.91. The third kappa shape index (κ3) is 6.97. The zero-order valence-electron chi connectivity index (χ0n) is 13.5. The molecule has 122 valence electrons. The molecule has 0 fully saturated rings. The third-order valence-electron chi connectivity index (χ3n) is 2.86. The molecule has 0 aromatic rings. The Morgan fingerprint density at radius 3 is 2.00 bits per heavy atom. The van der Waals surface area contributed by atoms with Crippen molar-refractivity contribution in [3.05, 3.63) is 0 Å². The van der Waals surface area contributed by atoms with Crippen molar-refractivity contribution in [2.45, 2.75) is 46.3 Å². The van der Waals surface area contributed by atoms with Gasteiger partial charge >= 0.3 is 12.1 Å². The van der Waals surface area contributed by atoms with E-state index in [1.54, 1.807) is 27.9 Å². The van der Waals surface area contributed by atoms with Crippen LogP contribution in [0.15, 0.2) is 0 Å². The monoisotopic (exact) mass is 302 g/mol. The van der Waals surface area contributed by atoms with Crippen molar-refractivity contribution in [2.75, 3.05) is 14.1 Å². The molecule has 21 heavy (non-hydrogen) atoms. The highest BCUT2D eigenvalue weighted by Gasteiger charge is 2.29. The highest BCUT2D eigenvalue weighted by Crippen LogP contribution is 2.10. The van der Waals surface area contributed by atoms with Crippen LogP contribution in [0.4, 0.5) is 4.79 Å². The molecule has 2 amide bonds. The molecule has 2 atom stereocenters. The van der Waals surface area contributed by atoms with Crippen molar-refractivity contribution in [1.82, 2.24) is 10.2 Å². The molecule has 0 heterocycles. The van der Waals surface area contributed by atoms with Crippen LogP contribution in [-0.2, 0) is 14.3 Å². The van der Waals surface area contributed by atoms with E-state index in [-0.39, 0.29) is 24.2 Å². The maximum atomic E-state index is 12.0. The average molecular weight is 302 g/mol. The molecule has 0 spiro atoms. The maximum Gasteiger partial charge on any atom is 0.408 e. The predicted molar refractivity (Wildman–Crippen MR) is 77.8 cm³/mol. The number of carboxylic acid groups (broad SMARTS) is 1. The average Bonchev–Trinajstić information content (AvgIpc) is 2.33. The van der Waals surface area contributed by atoms with Gasteiger partial charge in [0.2, 0.25) is 12.0 Å². The van der Waals surface area contributed by atoms with Crippen molar-refractivity contribution < 1.29 is 24.2 Å². The Morgan fingerprint density at radius 1 is 1.14 bits per heavy atom. The molecule has 0 aliphatic carbocycles. The van der Waals surface area contributed by atoms with E-state index in [1.807, 2.05) is 13.8 Å². The first kappa shape index (κ1) is 19.2. The molecule has 0 aromatic heterocycles. The maximum absolute atomic E-state index is 12.0. The summed E-state index contributed by atoms with van der Waals surface area (Å²) in [6, 6.07) is -0.749. The summed E-state index contributed by atoms with van der Waals surface area (Å²) in [4.78, 5) is 36.2. The van der Waals surface area contributed by atoms with E-state index >= 15 is 0 Å². The van der Waals surface area contributed by atoms with Crippen LogP contribution in [0.25, 0.3) is 0 Å². The number of carbonyl (C=O) groups excluding carboxylic acids is 2. The van der Waals surface area contributed by atoms with Gasteiger partial charge in [-0.3, -0.25) is 4.79 Å². The van der Waals surface area contributed by atoms with E-state index in [0.717, 1.165) is 0 Å². The summed E-state index contributed by atoms with van der Waals surface area (Å²) in [5, 5.41) is 11.5. The lowest BCUT2D eigenvalue weighted by atomic mass is 10.0. The van der Waals surface area contributed by atoms with E-state index in [1.165, 1.54) is 4.90 Å². The predicted octanol–water partition coefficient (Wildman–Crippen LogP) is 1.32. The SMILES string of the molecule is CC(C)C[C@H](OC(=O)N[C@H](C(=O)N(C)C)C(C)C)C(=O)O. The molecule has 2 N–H and O–H groups in total. The summed E-state index contributed by atoms with van der Waals surface area (Å²) in [6.45, 7) is 7.25. The summed E-state index contributed by atoms with van der Waals surface area (Å²) in [7, 11) is 3.17. The van der Waals surface area contributed by atoms with Crippen LogP contribution in [0.1, 0.15) is 34.1 Å². The topological polar surface area (TPSA) is 95.9 Å². The molecule has 0 radical (unpaired) electrons. The summed E-state index contributed by atoms with van der Waals surface area (Å²) in [5.41, 5.74) is 0. The van der Waals surface area contributed by atoms with Crippen molar-refractivity contribution in [1.29, 1.82) is 0 Å². The Hall–Kier alpha value is -1.79. The number of hydrogen-bond acceptors (Lipinski definition) is 4. The van der Waals surface area contributed by atoms with Gasteiger partial charge in [-0.05, 0) is 18.3 Å². The van der Waals surface area contributed by atoms with E-state index < -0.39 is 24.2 Å². The number of amides is 2. The zero-order valence-corrected chi connectivity index (χ0v) is 13.5. The molecule has 0 unspecified atom stereocenters. The van der Waals surface area contributed by atoms with Crippen LogP contribution in [0, 0.1) is 11.8 Å². The van der Waals surface area contributed by atoms with Gasteiger partial charge in [0.1, 0.15) is 6.04 Å². The minimum absolute atomic E-state index is 0.0724. The fourth-order valence-electron chi connectivity index (χ4n) is 1.71. The molecule has 0 aliphatic rings. The van der Waals surface area contributed by atoms with Gasteiger partial charge in [-0.2, -0.15) is 0 Å². The fraction of sp³-hybridized carbons (Fsp3) is 0.786. The van der Waals surface area contributed by atoms with Gasteiger partial charge in [-0.25, -0.2) is 9.59 Å². The Balaban J connectivity index is 4.76. The number of aliphatic carboxylic acids is 1. The highest BCUT2D eigenvalue weighted by atomic mass is 16.6. The van der Waals surface area contributed by atoms with E-state index in [4.69, 9.17) is 9.84 Å². The van der Waals surface area contributed by atoms with Gasteiger partial charge in [0, 0.05) is 14.1 Å². The highest BCUT2D eigenvalue weighted by molar-refractivity contribution is 5.86. The van der Waals surface area contributed by atoms with Crippen LogP contribution < -0.4 is 5.32 Å². The number of alkyl carbamates (subject to hydrolysis) is 1. The van der Waals surface area contributed by atoms with Crippen molar-refractivity contribution >= 4 is 18.0 Å². The second-order valence-electron chi connectivity index (χ2n) is 5.96. The van der Waals surface area contributed by atoms with Crippen molar-refractivity contribution in [2.24, 2.45) is 11.8 Å². The standard InChI is InChI=1S/C14H26N2O5/c1-8(2)7-10(13(18)19)21-14(20)15-11(9(3)4)12(17)16(5)6/h8-11H,7H2,1-6H3,(H,15,20)(H,18,19)/t10-,11-/m0/s1. The molecular weight excluding hydrogens is 276 g/mol. The smallest absolute Gasteiger partial charge is 0.408 e. The molecule has 0 aromatic carbocycles. The first-order valence-electron chi connectivity index (χ1n) is 6.97. The second-order valence-corrected chi connectivity index (χ2v) is 5.96. The number of ether oxygens (including phenoxy) is 1. The van der Waals surface area contributed by atoms with Gasteiger partial charge in [-0.1, -0.05) is 27.7 Å². The quantitative estimate of drug-likeness (QED) is 0.739. The number of carbonyl (C=O) groups is 3. The number of carboxylic acids is 1. The molecule has 7 heteroatoms. The molecule has 0 rings (SSSR count). The number of nitrogens with one attached hydrogen (secondary N) is 1. The number of hydrogen-bond donors (Lipinski definition) is 2. The van der Waals surface area contributed by atoms with Crippen molar-refractivity contribution in [3.63, 3.8) is 0 Å². The Labute approximate surface area is 125 Å². The minimum atomic E-state index is -1.22. The van der Waals surface area contributed by atoms with E-state index in [2.05, 4.69) is 5.32 Å². The molecular formula is C14H26N2O5. The largest absolute Gasteiger partial charge is 0.479 e. The van der Waals surface area contributed by atoms with Gasteiger partial charge < -0.3 is 20.1 Å². The lowest BCUT2D eigenvalue weighted by molar-refractivity contribution is -0.147. The summed E-state index contributed by atoms with van der Waals surface area (Å²) in [6.07, 6.45) is -1.89. The minimum Gasteiger partial charge on any atom is -0.479 e. The normalized spacial score (nSPS) is 13.7. The first-order chi connectivity index (χ1) is 9.56. The number of rotatable bonds is 7. The lowest BCUT2D eigenvalue weighted by Gasteiger charge is -2.25. The lowest BCUT2D eigenvalue weighted by Crippen LogP contribution is -2.50. The molecule has 0 saturated heterocycles. The van der Waals surface area contributed by atoms with E-state index in [0.29, 0.717) is 0 Å². The van der Waals surface area contributed by atoms with Gasteiger partial charge in [-0.15, -0.1) is 0 Å².